The van der Waals surface area contributed by atoms with Crippen LogP contribution in [0, 0.1) is 0 Å². The molecule has 0 atom stereocenters. The van der Waals surface area contributed by atoms with Crippen LogP contribution in [0.4, 0.5) is 0 Å². The molecule has 4 aromatic rings. The Bertz CT molecular complexity index is 1620. The van der Waals surface area contributed by atoms with Gasteiger partial charge >= 0.3 is 0 Å². The van der Waals surface area contributed by atoms with Gasteiger partial charge < -0.3 is 0 Å². The molecule has 0 amide bonds. The Morgan fingerprint density at radius 3 is 1.48 bits per heavy atom. The highest BCUT2D eigenvalue weighted by Gasteiger charge is 2.29. The summed E-state index contributed by atoms with van der Waals surface area (Å²) in [6.45, 7) is 1.64. The van der Waals surface area contributed by atoms with Gasteiger partial charge in [-0.25, -0.2) is 0 Å². The van der Waals surface area contributed by atoms with E-state index < -0.39 is 0 Å². The molecule has 0 N–H and O–H groups in total. The van der Waals surface area contributed by atoms with Crippen LogP contribution in [0.3, 0.4) is 0 Å². The van der Waals surface area contributed by atoms with Crippen LogP contribution in [0.5, 0.6) is 0 Å². The minimum absolute atomic E-state index is 0.0925. The third-order valence-corrected chi connectivity index (χ3v) is 6.31. The zero-order valence-electron chi connectivity index (χ0n) is 17.2. The molecule has 0 radical (unpaired) electrons. The van der Waals surface area contributed by atoms with Crippen molar-refractivity contribution >= 4 is 28.1 Å². The molecule has 6 rings (SSSR count). The average Bonchev–Trinajstić information content (AvgIpc) is 3.32. The molecule has 0 saturated carbocycles. The van der Waals surface area contributed by atoms with Gasteiger partial charge in [-0.05, 0) is 67.3 Å². The predicted molar refractivity (Wildman–Crippen MR) is 126 cm³/mol. The highest BCUT2D eigenvalue weighted by molar-refractivity contribution is 6.31. The minimum Gasteiger partial charge on any atom is -0.295 e. The Kier molecular flexibility index (Phi) is 3.91. The van der Waals surface area contributed by atoms with Gasteiger partial charge in [0.25, 0.3) is 0 Å². The van der Waals surface area contributed by atoms with Crippen molar-refractivity contribution in [3.05, 3.63) is 141 Å². The first-order chi connectivity index (χ1) is 15.2. The first kappa shape index (κ1) is 17.9. The van der Waals surface area contributed by atoms with E-state index in [1.165, 1.54) is 49.1 Å². The van der Waals surface area contributed by atoms with Crippen molar-refractivity contribution in [2.24, 2.45) is 0 Å². The van der Waals surface area contributed by atoms with Crippen molar-refractivity contribution in [1.82, 2.24) is 0 Å². The molecule has 0 fully saturated rings. The van der Waals surface area contributed by atoms with Gasteiger partial charge in [-0.2, -0.15) is 0 Å². The van der Waals surface area contributed by atoms with E-state index in [1.807, 2.05) is 6.07 Å². The normalized spacial score (nSPS) is 13.8. The fraction of sp³-hybridized carbons (Fsp3) is 0.0333. The Labute approximate surface area is 180 Å². The summed E-state index contributed by atoms with van der Waals surface area (Å²) in [5.74, 6) is 0.0925. The van der Waals surface area contributed by atoms with Crippen molar-refractivity contribution in [2.45, 2.75) is 6.92 Å². The zero-order valence-corrected chi connectivity index (χ0v) is 17.2. The number of hydrogen-bond acceptors (Lipinski definition) is 1. The standard InChI is InChI=1S/C30H20O/c1-19(31)22-16-17-25-26(18-22)30-27(20-10-4-2-5-11-20)23-14-8-9-15-24(23)29(30)28(25)21-12-6-3-7-13-21/h2-18H,1H3. The lowest BCUT2D eigenvalue weighted by Gasteiger charge is -2.11. The maximum atomic E-state index is 12.2. The molecule has 146 valence electrons. The largest absolute Gasteiger partial charge is 0.295 e. The van der Waals surface area contributed by atoms with Gasteiger partial charge in [0, 0.05) is 5.56 Å². The van der Waals surface area contributed by atoms with Crippen molar-refractivity contribution in [3.8, 4) is 0 Å². The van der Waals surface area contributed by atoms with E-state index in [1.54, 1.807) is 6.92 Å². The van der Waals surface area contributed by atoms with Crippen LogP contribution < -0.4 is 20.9 Å². The van der Waals surface area contributed by atoms with Crippen LogP contribution >= 0.6 is 0 Å². The summed E-state index contributed by atoms with van der Waals surface area (Å²) in [6.07, 6.45) is 0. The number of fused-ring (bicyclic) bond motifs is 3. The molecule has 0 heterocycles. The number of ketones is 1. The predicted octanol–water partition coefficient (Wildman–Crippen LogP) is 3.32. The molecule has 2 aliphatic rings. The van der Waals surface area contributed by atoms with Gasteiger partial charge in [0.1, 0.15) is 0 Å². The van der Waals surface area contributed by atoms with Crippen molar-refractivity contribution in [1.29, 1.82) is 0 Å². The first-order valence-corrected chi connectivity index (χ1v) is 10.6. The third-order valence-electron chi connectivity index (χ3n) is 6.31. The Balaban J connectivity index is 1.85. The smallest absolute Gasteiger partial charge is 0.159 e. The van der Waals surface area contributed by atoms with E-state index in [9.17, 15) is 4.79 Å². The maximum Gasteiger partial charge on any atom is 0.159 e. The summed E-state index contributed by atoms with van der Waals surface area (Å²) < 4.78 is 0. The monoisotopic (exact) mass is 396 g/mol. The molecule has 1 nitrogen and oxygen atoms in total. The Hall–Kier alpha value is -3.97. The second kappa shape index (κ2) is 6.78. The van der Waals surface area contributed by atoms with Crippen molar-refractivity contribution in [3.63, 3.8) is 0 Å². The van der Waals surface area contributed by atoms with Gasteiger partial charge in [0.2, 0.25) is 0 Å². The number of Topliss-reactive ketones (excluding diaryl/α,β-unsaturated/α-hetero) is 1. The van der Waals surface area contributed by atoms with Crippen molar-refractivity contribution < 1.29 is 4.79 Å². The highest BCUT2D eigenvalue weighted by Crippen LogP contribution is 2.38. The molecule has 0 aliphatic heterocycles. The molecular formula is C30H20O. The Morgan fingerprint density at radius 1 is 0.484 bits per heavy atom. The number of rotatable bonds is 3. The number of carbonyl (C=O) groups is 1. The van der Waals surface area contributed by atoms with Gasteiger partial charge in [-0.3, -0.25) is 4.79 Å². The highest BCUT2D eigenvalue weighted by atomic mass is 16.1. The van der Waals surface area contributed by atoms with Crippen LogP contribution in [-0.2, 0) is 0 Å². The maximum absolute atomic E-state index is 12.2. The van der Waals surface area contributed by atoms with Crippen LogP contribution in [0.1, 0.15) is 28.4 Å². The summed E-state index contributed by atoms with van der Waals surface area (Å²) >= 11 is 0. The van der Waals surface area contributed by atoms with Crippen LogP contribution in [0.15, 0.2) is 103 Å². The van der Waals surface area contributed by atoms with E-state index in [2.05, 4.69) is 97.1 Å². The van der Waals surface area contributed by atoms with E-state index in [0.29, 0.717) is 0 Å². The van der Waals surface area contributed by atoms with Crippen LogP contribution in [0.2, 0.25) is 0 Å². The summed E-state index contributed by atoms with van der Waals surface area (Å²) in [6, 6.07) is 36.0. The lowest BCUT2D eigenvalue weighted by Crippen LogP contribution is -2.29. The number of hydrogen-bond donors (Lipinski definition) is 0. The van der Waals surface area contributed by atoms with Gasteiger partial charge in [0.05, 0.1) is 0 Å². The molecule has 0 aromatic heterocycles. The topological polar surface area (TPSA) is 17.1 Å². The third kappa shape index (κ3) is 2.60. The van der Waals surface area contributed by atoms with Gasteiger partial charge in [-0.1, -0.05) is 97.1 Å². The van der Waals surface area contributed by atoms with E-state index in [4.69, 9.17) is 0 Å². The van der Waals surface area contributed by atoms with E-state index in [0.717, 1.165) is 10.8 Å². The summed E-state index contributed by atoms with van der Waals surface area (Å²) in [7, 11) is 0. The zero-order chi connectivity index (χ0) is 20.9. The van der Waals surface area contributed by atoms with Crippen LogP contribution in [0.25, 0.3) is 22.3 Å². The second-order valence-corrected chi connectivity index (χ2v) is 8.09. The molecule has 0 saturated heterocycles. The minimum atomic E-state index is 0.0925. The Morgan fingerprint density at radius 2 is 0.935 bits per heavy atom. The number of carbonyl (C=O) groups excluding carboxylic acids is 1. The summed E-state index contributed by atoms with van der Waals surface area (Å²) in [5, 5.41) is 4.86. The van der Waals surface area contributed by atoms with Crippen LogP contribution in [-0.4, -0.2) is 5.78 Å². The number of benzene rings is 4. The average molecular weight is 396 g/mol. The first-order valence-electron chi connectivity index (χ1n) is 10.6. The molecule has 0 spiro atoms. The SMILES string of the molecule is CC(=O)c1ccc2c(c1)=C1C(=c3ccccc3=C1c1ccccc1)C=2c1ccccc1. The molecule has 2 aliphatic carbocycles. The fourth-order valence-electron chi connectivity index (χ4n) is 4.97. The fourth-order valence-corrected chi connectivity index (χ4v) is 4.97. The summed E-state index contributed by atoms with van der Waals surface area (Å²) in [5.41, 5.74) is 8.17. The molecule has 0 unspecified atom stereocenters. The quantitative estimate of drug-likeness (QED) is 0.486. The molecule has 31 heavy (non-hydrogen) atoms. The summed E-state index contributed by atoms with van der Waals surface area (Å²) in [4.78, 5) is 12.2. The molecule has 4 aromatic carbocycles. The lowest BCUT2D eigenvalue weighted by atomic mass is 9.92. The van der Waals surface area contributed by atoms with Crippen molar-refractivity contribution in [2.75, 3.05) is 0 Å². The molecule has 1 heteroatoms. The van der Waals surface area contributed by atoms with E-state index in [-0.39, 0.29) is 5.78 Å². The molecule has 0 bridgehead atoms. The van der Waals surface area contributed by atoms with E-state index >= 15 is 0 Å². The van der Waals surface area contributed by atoms with Gasteiger partial charge in [-0.15, -0.1) is 0 Å². The molecular weight excluding hydrogens is 376 g/mol. The second-order valence-electron chi connectivity index (χ2n) is 8.09. The van der Waals surface area contributed by atoms with Gasteiger partial charge in [0.15, 0.2) is 5.78 Å². The lowest BCUT2D eigenvalue weighted by molar-refractivity contribution is 0.101.